The van der Waals surface area contributed by atoms with Gasteiger partial charge in [0.25, 0.3) is 0 Å². The zero-order valence-corrected chi connectivity index (χ0v) is 16.4. The monoisotopic (exact) mass is 380 g/mol. The highest BCUT2D eigenvalue weighted by atomic mass is 35.5. The number of likely N-dealkylation sites (tertiary alicyclic amines) is 1. The van der Waals surface area contributed by atoms with Crippen LogP contribution in [0.25, 0.3) is 0 Å². The number of hydrogen-bond acceptors (Lipinski definition) is 3. The number of halogens is 1. The highest BCUT2D eigenvalue weighted by Crippen LogP contribution is 2.27. The van der Waals surface area contributed by atoms with E-state index in [4.69, 9.17) is 16.6 Å². The van der Waals surface area contributed by atoms with Crippen molar-refractivity contribution in [2.24, 2.45) is 7.05 Å². The Labute approximate surface area is 165 Å². The van der Waals surface area contributed by atoms with Crippen molar-refractivity contribution in [1.29, 1.82) is 0 Å². The van der Waals surface area contributed by atoms with E-state index in [1.807, 2.05) is 30.1 Å². The van der Waals surface area contributed by atoms with Crippen LogP contribution in [-0.4, -0.2) is 32.8 Å². The van der Waals surface area contributed by atoms with Crippen LogP contribution in [0.2, 0.25) is 5.02 Å². The molecule has 2 aromatic heterocycles. The van der Waals surface area contributed by atoms with Crippen molar-refractivity contribution < 1.29 is 0 Å². The summed E-state index contributed by atoms with van der Waals surface area (Å²) in [5, 5.41) is 5.06. The first-order valence-corrected chi connectivity index (χ1v) is 9.94. The molecule has 1 aliphatic rings. The Hall–Kier alpha value is -2.17. The van der Waals surface area contributed by atoms with Crippen molar-refractivity contribution in [1.82, 2.24) is 19.7 Å². The number of hydrogen-bond donors (Lipinski definition) is 0. The maximum atomic E-state index is 5.99. The number of aromatic nitrogens is 3. The van der Waals surface area contributed by atoms with Gasteiger partial charge in [0.15, 0.2) is 0 Å². The molecule has 4 nitrogen and oxygen atoms in total. The first-order valence-electron chi connectivity index (χ1n) is 9.56. The van der Waals surface area contributed by atoms with Crippen LogP contribution in [0.15, 0.2) is 54.9 Å². The fourth-order valence-corrected chi connectivity index (χ4v) is 4.01. The molecular weight excluding hydrogens is 356 g/mol. The lowest BCUT2D eigenvalue weighted by Crippen LogP contribution is -2.34. The van der Waals surface area contributed by atoms with Gasteiger partial charge >= 0.3 is 0 Å². The van der Waals surface area contributed by atoms with E-state index in [0.717, 1.165) is 36.8 Å². The quantitative estimate of drug-likeness (QED) is 0.656. The summed E-state index contributed by atoms with van der Waals surface area (Å²) in [7, 11) is 1.97. The van der Waals surface area contributed by atoms with E-state index < -0.39 is 0 Å². The Balaban J connectivity index is 1.43. The number of pyridine rings is 1. The molecule has 140 valence electrons. The van der Waals surface area contributed by atoms with Gasteiger partial charge in [0, 0.05) is 60.6 Å². The Morgan fingerprint density at radius 2 is 1.96 bits per heavy atom. The highest BCUT2D eigenvalue weighted by molar-refractivity contribution is 6.30. The van der Waals surface area contributed by atoms with Gasteiger partial charge < -0.3 is 0 Å². The third-order valence-corrected chi connectivity index (χ3v) is 5.47. The summed E-state index contributed by atoms with van der Waals surface area (Å²) in [4.78, 5) is 7.51. The Bertz CT molecular complexity index is 887. The van der Waals surface area contributed by atoms with Crippen LogP contribution in [0.1, 0.15) is 41.3 Å². The number of benzene rings is 1. The van der Waals surface area contributed by atoms with Gasteiger partial charge in [-0.3, -0.25) is 14.6 Å². The molecule has 0 amide bonds. The van der Waals surface area contributed by atoms with Crippen LogP contribution in [0.4, 0.5) is 0 Å². The van der Waals surface area contributed by atoms with Crippen LogP contribution in [0.3, 0.4) is 0 Å². The minimum absolute atomic E-state index is 0.501. The summed E-state index contributed by atoms with van der Waals surface area (Å²) < 4.78 is 1.87. The summed E-state index contributed by atoms with van der Waals surface area (Å²) in [5.41, 5.74) is 4.87. The molecule has 0 saturated carbocycles. The molecule has 1 atom stereocenters. The number of nitrogens with zero attached hydrogens (tertiary/aromatic N) is 4. The third-order valence-electron chi connectivity index (χ3n) is 5.22. The molecule has 4 rings (SSSR count). The number of rotatable bonds is 5. The molecule has 1 saturated heterocycles. The second kappa shape index (κ2) is 8.24. The molecule has 3 heterocycles. The topological polar surface area (TPSA) is 34.0 Å². The van der Waals surface area contributed by atoms with E-state index in [1.165, 1.54) is 29.7 Å². The Morgan fingerprint density at radius 1 is 1.11 bits per heavy atom. The zero-order chi connectivity index (χ0) is 18.6. The SMILES string of the molecule is Cn1cc(CN2CCCC(c3cccc(Cc4ccc(Cl)cc4)n3)C2)cn1. The van der Waals surface area contributed by atoms with Gasteiger partial charge in [0.2, 0.25) is 0 Å². The Morgan fingerprint density at radius 3 is 2.74 bits per heavy atom. The van der Waals surface area contributed by atoms with Crippen molar-refractivity contribution in [2.45, 2.75) is 31.7 Å². The van der Waals surface area contributed by atoms with Crippen LogP contribution < -0.4 is 0 Å². The normalized spacial score (nSPS) is 17.9. The maximum absolute atomic E-state index is 5.99. The summed E-state index contributed by atoms with van der Waals surface area (Å²) >= 11 is 5.99. The predicted molar refractivity (Wildman–Crippen MR) is 109 cm³/mol. The predicted octanol–water partition coefficient (Wildman–Crippen LogP) is 4.44. The average molecular weight is 381 g/mol. The molecule has 27 heavy (non-hydrogen) atoms. The van der Waals surface area contributed by atoms with Gasteiger partial charge in [-0.2, -0.15) is 5.10 Å². The zero-order valence-electron chi connectivity index (χ0n) is 15.7. The van der Waals surface area contributed by atoms with Crippen LogP contribution in [0, 0.1) is 0 Å². The molecule has 3 aromatic rings. The minimum atomic E-state index is 0.501. The standard InChI is InChI=1S/C22H25ClN4/c1-26-14-18(13-24-26)15-27-11-3-4-19(16-27)22-6-2-5-21(25-22)12-17-7-9-20(23)10-8-17/h2,5-10,13-14,19H,3-4,11-12,15-16H2,1H3. The van der Waals surface area contributed by atoms with Crippen molar-refractivity contribution in [3.05, 3.63) is 82.4 Å². The molecule has 0 spiro atoms. The third kappa shape index (κ3) is 4.76. The highest BCUT2D eigenvalue weighted by Gasteiger charge is 2.22. The molecule has 0 N–H and O–H groups in total. The van der Waals surface area contributed by atoms with E-state index in [1.54, 1.807) is 0 Å². The van der Waals surface area contributed by atoms with Gasteiger partial charge in [0.05, 0.1) is 6.20 Å². The van der Waals surface area contributed by atoms with Crippen molar-refractivity contribution in [3.8, 4) is 0 Å². The molecule has 1 fully saturated rings. The largest absolute Gasteiger partial charge is 0.298 e. The molecule has 0 bridgehead atoms. The second-order valence-corrected chi connectivity index (χ2v) is 7.89. The molecule has 0 radical (unpaired) electrons. The summed E-state index contributed by atoms with van der Waals surface area (Å²) in [5.74, 6) is 0.501. The second-order valence-electron chi connectivity index (χ2n) is 7.45. The van der Waals surface area contributed by atoms with E-state index >= 15 is 0 Å². The van der Waals surface area contributed by atoms with Crippen molar-refractivity contribution in [3.63, 3.8) is 0 Å². The summed E-state index contributed by atoms with van der Waals surface area (Å²) in [6.45, 7) is 3.18. The van der Waals surface area contributed by atoms with Gasteiger partial charge in [-0.1, -0.05) is 29.8 Å². The fourth-order valence-electron chi connectivity index (χ4n) is 3.89. The van der Waals surface area contributed by atoms with Crippen LogP contribution >= 0.6 is 11.6 Å². The number of piperidine rings is 1. The lowest BCUT2D eigenvalue weighted by molar-refractivity contribution is 0.198. The van der Waals surface area contributed by atoms with E-state index in [0.29, 0.717) is 5.92 Å². The molecular formula is C22H25ClN4. The van der Waals surface area contributed by atoms with Gasteiger partial charge in [-0.05, 0) is 49.2 Å². The summed E-state index contributed by atoms with van der Waals surface area (Å²) in [6.07, 6.45) is 7.34. The first-order chi connectivity index (χ1) is 13.2. The van der Waals surface area contributed by atoms with Gasteiger partial charge in [0.1, 0.15) is 0 Å². The molecule has 5 heteroatoms. The van der Waals surface area contributed by atoms with E-state index in [2.05, 4.69) is 46.5 Å². The summed E-state index contributed by atoms with van der Waals surface area (Å²) in [6, 6.07) is 14.5. The van der Waals surface area contributed by atoms with Crippen molar-refractivity contribution >= 4 is 11.6 Å². The molecule has 0 aliphatic carbocycles. The minimum Gasteiger partial charge on any atom is -0.298 e. The van der Waals surface area contributed by atoms with Crippen LogP contribution in [0.5, 0.6) is 0 Å². The fraction of sp³-hybridized carbons (Fsp3) is 0.364. The first kappa shape index (κ1) is 18.2. The average Bonchev–Trinajstić information content (AvgIpc) is 3.09. The van der Waals surface area contributed by atoms with E-state index in [9.17, 15) is 0 Å². The molecule has 1 aliphatic heterocycles. The van der Waals surface area contributed by atoms with Gasteiger partial charge in [-0.15, -0.1) is 0 Å². The van der Waals surface area contributed by atoms with E-state index in [-0.39, 0.29) is 0 Å². The maximum Gasteiger partial charge on any atom is 0.0534 e. The smallest absolute Gasteiger partial charge is 0.0534 e. The van der Waals surface area contributed by atoms with Gasteiger partial charge in [-0.25, -0.2) is 0 Å². The Kier molecular flexibility index (Phi) is 5.55. The lowest BCUT2D eigenvalue weighted by atomic mass is 9.93. The van der Waals surface area contributed by atoms with Crippen LogP contribution in [-0.2, 0) is 20.0 Å². The molecule has 1 aromatic carbocycles. The molecule has 1 unspecified atom stereocenters. The van der Waals surface area contributed by atoms with Crippen molar-refractivity contribution in [2.75, 3.05) is 13.1 Å². The number of aryl methyl sites for hydroxylation is 1. The lowest BCUT2D eigenvalue weighted by Gasteiger charge is -2.32.